The maximum Gasteiger partial charge on any atom is 0.430 e. The molecule has 1 fully saturated rings. The number of hydrogen-bond donors (Lipinski definition) is 0. The van der Waals surface area contributed by atoms with E-state index in [1.807, 2.05) is 20.8 Å². The van der Waals surface area contributed by atoms with E-state index in [0.717, 1.165) is 17.5 Å². The zero-order valence-corrected chi connectivity index (χ0v) is 24.3. The van der Waals surface area contributed by atoms with Crippen LogP contribution in [0.5, 0.6) is 0 Å². The van der Waals surface area contributed by atoms with Gasteiger partial charge in [0.2, 0.25) is 0 Å². The Morgan fingerprint density at radius 2 is 1.78 bits per heavy atom. The Morgan fingerprint density at radius 3 is 2.32 bits per heavy atom. The maximum absolute atomic E-state index is 13.5. The molecule has 3 heterocycles. The number of thiazole rings is 1. The number of aromatic nitrogens is 2. The molecule has 2 aromatic heterocycles. The summed E-state index contributed by atoms with van der Waals surface area (Å²) in [5, 5.41) is 1.50. The molecule has 3 rings (SSSR count). The van der Waals surface area contributed by atoms with Crippen LogP contribution in [-0.2, 0) is 19.5 Å². The second kappa shape index (κ2) is 10.6. The van der Waals surface area contributed by atoms with Gasteiger partial charge in [-0.05, 0) is 54.0 Å². The number of amides is 2. The van der Waals surface area contributed by atoms with Crippen molar-refractivity contribution in [1.29, 1.82) is 0 Å². The highest BCUT2D eigenvalue weighted by Gasteiger charge is 2.37. The maximum atomic E-state index is 13.5. The van der Waals surface area contributed by atoms with Gasteiger partial charge in [0.25, 0.3) is 10.0 Å². The molecule has 11 nitrogen and oxygen atoms in total. The van der Waals surface area contributed by atoms with Crippen LogP contribution in [-0.4, -0.2) is 72.9 Å². The summed E-state index contributed by atoms with van der Waals surface area (Å²) in [5.74, 6) is 0.249. The minimum atomic E-state index is -4.45. The summed E-state index contributed by atoms with van der Waals surface area (Å²) >= 11 is 7.62. The molecule has 0 radical (unpaired) electrons. The lowest BCUT2D eigenvalue weighted by Crippen LogP contribution is -2.41. The van der Waals surface area contributed by atoms with Crippen LogP contribution in [0.4, 0.5) is 21.2 Å². The molecule has 1 aliphatic heterocycles. The molecule has 1 unspecified atom stereocenters. The van der Waals surface area contributed by atoms with E-state index in [0.29, 0.717) is 29.6 Å². The molecule has 0 aromatic carbocycles. The van der Waals surface area contributed by atoms with Gasteiger partial charge in [0.15, 0.2) is 5.82 Å². The zero-order chi connectivity index (χ0) is 27.8. The Labute approximate surface area is 226 Å². The molecule has 0 spiro atoms. The average Bonchev–Trinajstić information content (AvgIpc) is 3.43. The van der Waals surface area contributed by atoms with Gasteiger partial charge in [0, 0.05) is 37.8 Å². The van der Waals surface area contributed by atoms with E-state index in [9.17, 15) is 18.0 Å². The van der Waals surface area contributed by atoms with Crippen molar-refractivity contribution < 1.29 is 27.5 Å². The number of carbonyl (C=O) groups excluding carboxylic acids is 2. The predicted octanol–water partition coefficient (Wildman–Crippen LogP) is 4.77. The highest BCUT2D eigenvalue weighted by Crippen LogP contribution is 2.32. The van der Waals surface area contributed by atoms with Crippen LogP contribution in [0.3, 0.4) is 0 Å². The van der Waals surface area contributed by atoms with Crippen molar-refractivity contribution >= 4 is 56.8 Å². The first-order valence-electron chi connectivity index (χ1n) is 11.5. The summed E-state index contributed by atoms with van der Waals surface area (Å²) in [6, 6.07) is 1.13. The molecule has 2 amide bonds. The Kier molecular flexibility index (Phi) is 8.30. The first kappa shape index (κ1) is 28.9. The molecule has 14 heteroatoms. The Morgan fingerprint density at radius 1 is 1.14 bits per heavy atom. The number of rotatable bonds is 5. The molecular weight excluding hydrogens is 542 g/mol. The second-order valence-corrected chi connectivity index (χ2v) is 13.5. The number of likely N-dealkylation sites (tertiary alicyclic amines) is 1. The quantitative estimate of drug-likeness (QED) is 0.497. The topological polar surface area (TPSA) is 122 Å². The number of nitrogens with zero attached hydrogens (tertiary/aromatic N) is 5. The molecule has 0 saturated carbocycles. The van der Waals surface area contributed by atoms with Gasteiger partial charge in [-0.1, -0.05) is 11.6 Å². The van der Waals surface area contributed by atoms with Gasteiger partial charge in [-0.3, -0.25) is 0 Å². The van der Waals surface area contributed by atoms with Gasteiger partial charge in [-0.2, -0.15) is 0 Å². The number of ether oxygens (including phenoxy) is 2. The summed E-state index contributed by atoms with van der Waals surface area (Å²) in [4.78, 5) is 36.7. The van der Waals surface area contributed by atoms with E-state index in [1.165, 1.54) is 17.0 Å². The second-order valence-electron chi connectivity index (χ2n) is 10.6. The van der Waals surface area contributed by atoms with Crippen LogP contribution in [0.15, 0.2) is 28.0 Å². The van der Waals surface area contributed by atoms with Crippen LogP contribution < -0.4 is 9.21 Å². The molecule has 204 valence electrons. The van der Waals surface area contributed by atoms with E-state index < -0.39 is 33.4 Å². The van der Waals surface area contributed by atoms with E-state index in [2.05, 4.69) is 9.97 Å². The van der Waals surface area contributed by atoms with Crippen molar-refractivity contribution in [1.82, 2.24) is 14.9 Å². The lowest BCUT2D eigenvalue weighted by Gasteiger charge is -2.28. The number of sulfonamides is 1. The predicted molar refractivity (Wildman–Crippen MR) is 142 cm³/mol. The van der Waals surface area contributed by atoms with Crippen molar-refractivity contribution in [3.63, 3.8) is 0 Å². The summed E-state index contributed by atoms with van der Waals surface area (Å²) in [6.07, 6.45) is 0.304. The van der Waals surface area contributed by atoms with Crippen molar-refractivity contribution in [2.75, 3.05) is 29.3 Å². The van der Waals surface area contributed by atoms with Crippen molar-refractivity contribution in [3.05, 3.63) is 28.2 Å². The number of anilines is 2. The highest BCUT2D eigenvalue weighted by molar-refractivity contribution is 7.93. The SMILES string of the molecule is CN(c1ncc(S(=O)(=O)N(C(=O)OC(C)(C)C)c2cscn2)cc1Cl)C1CCN(C(=O)OC(C)(C)C)C1. The third kappa shape index (κ3) is 7.02. The molecule has 1 aliphatic rings. The van der Waals surface area contributed by atoms with Crippen LogP contribution in [0.25, 0.3) is 0 Å². The minimum Gasteiger partial charge on any atom is -0.444 e. The third-order valence-corrected chi connectivity index (χ3v) is 7.71. The van der Waals surface area contributed by atoms with Gasteiger partial charge in [-0.15, -0.1) is 15.6 Å². The molecule has 0 bridgehead atoms. The average molecular weight is 574 g/mol. The molecular formula is C23H32ClN5O6S2. The minimum absolute atomic E-state index is 0.0710. The molecule has 1 saturated heterocycles. The summed E-state index contributed by atoms with van der Waals surface area (Å²) in [6.45, 7) is 11.2. The standard InChI is InChI=1S/C23H32ClN5O6S2/c1-22(2,3)34-20(30)28-9-8-15(12-28)27(7)19-17(24)10-16(11-25-19)37(32,33)29(18-13-36-14-26-18)21(31)35-23(4,5)6/h10-11,13-15H,8-9,12H2,1-7H3. The third-order valence-electron chi connectivity index (χ3n) is 5.22. The van der Waals surface area contributed by atoms with E-state index >= 15 is 0 Å². The van der Waals surface area contributed by atoms with E-state index in [1.54, 1.807) is 37.6 Å². The van der Waals surface area contributed by atoms with Crippen molar-refractivity contribution in [3.8, 4) is 0 Å². The van der Waals surface area contributed by atoms with Gasteiger partial charge in [0.05, 0.1) is 10.5 Å². The number of pyridine rings is 1. The Hall–Kier alpha value is -2.64. The van der Waals surface area contributed by atoms with Crippen molar-refractivity contribution in [2.24, 2.45) is 0 Å². The van der Waals surface area contributed by atoms with E-state index in [4.69, 9.17) is 21.1 Å². The summed E-state index contributed by atoms with van der Waals surface area (Å²) in [5.41, 5.74) is -0.121. The molecule has 1 atom stereocenters. The fourth-order valence-corrected chi connectivity index (χ4v) is 5.76. The lowest BCUT2D eigenvalue weighted by atomic mass is 10.2. The molecule has 0 aliphatic carbocycles. The first-order chi connectivity index (χ1) is 17.0. The van der Waals surface area contributed by atoms with Gasteiger partial charge in [0.1, 0.15) is 21.9 Å². The fraction of sp³-hybridized carbons (Fsp3) is 0.565. The van der Waals surface area contributed by atoms with Crippen LogP contribution in [0.2, 0.25) is 5.02 Å². The lowest BCUT2D eigenvalue weighted by molar-refractivity contribution is 0.0292. The normalized spacial score (nSPS) is 16.4. The molecule has 0 N–H and O–H groups in total. The highest BCUT2D eigenvalue weighted by atomic mass is 35.5. The summed E-state index contributed by atoms with van der Waals surface area (Å²) in [7, 11) is -2.68. The summed E-state index contributed by atoms with van der Waals surface area (Å²) < 4.78 is 38.3. The number of halogens is 1. The number of carbonyl (C=O) groups is 2. The fourth-order valence-electron chi connectivity index (χ4n) is 3.57. The number of likely N-dealkylation sites (N-methyl/N-ethyl adjacent to an activating group) is 1. The largest absolute Gasteiger partial charge is 0.444 e. The van der Waals surface area contributed by atoms with E-state index in [-0.39, 0.29) is 21.8 Å². The smallest absolute Gasteiger partial charge is 0.430 e. The monoisotopic (exact) mass is 573 g/mol. The molecule has 37 heavy (non-hydrogen) atoms. The van der Waals surface area contributed by atoms with Crippen LogP contribution in [0, 0.1) is 0 Å². The first-order valence-corrected chi connectivity index (χ1v) is 14.3. The van der Waals surface area contributed by atoms with Crippen LogP contribution >= 0.6 is 22.9 Å². The van der Waals surface area contributed by atoms with Gasteiger partial charge in [-0.25, -0.2) is 28.0 Å². The zero-order valence-electron chi connectivity index (χ0n) is 21.9. The number of hydrogen-bond acceptors (Lipinski definition) is 10. The van der Waals surface area contributed by atoms with Crippen LogP contribution in [0.1, 0.15) is 48.0 Å². The Bertz CT molecular complexity index is 1240. The van der Waals surface area contributed by atoms with Crippen molar-refractivity contribution in [2.45, 2.75) is 70.1 Å². The molecule has 2 aromatic rings. The van der Waals surface area contributed by atoms with Gasteiger partial charge >= 0.3 is 12.2 Å². The van der Waals surface area contributed by atoms with Gasteiger partial charge < -0.3 is 19.3 Å². The Balaban J connectivity index is 1.84.